The fourth-order valence-electron chi connectivity index (χ4n) is 3.69. The summed E-state index contributed by atoms with van der Waals surface area (Å²) in [5.41, 5.74) is 2.20. The van der Waals surface area contributed by atoms with E-state index in [4.69, 9.17) is 25.8 Å². The molecule has 0 radical (unpaired) electrons. The second-order valence-corrected chi connectivity index (χ2v) is 9.94. The van der Waals surface area contributed by atoms with E-state index in [0.29, 0.717) is 26.2 Å². The molecule has 3 rings (SSSR count). The monoisotopic (exact) mass is 537 g/mol. The van der Waals surface area contributed by atoms with Crippen LogP contribution in [0.2, 0.25) is 5.02 Å². The predicted molar refractivity (Wildman–Crippen MR) is 135 cm³/mol. The van der Waals surface area contributed by atoms with Crippen LogP contribution in [-0.4, -0.2) is 54.6 Å². The molecule has 1 saturated heterocycles. The molecule has 0 bridgehead atoms. The van der Waals surface area contributed by atoms with Crippen molar-refractivity contribution in [2.75, 3.05) is 32.9 Å². The summed E-state index contributed by atoms with van der Waals surface area (Å²) in [4.78, 5) is 14.1. The van der Waals surface area contributed by atoms with Gasteiger partial charge in [0, 0.05) is 24.2 Å². The molecule has 1 heterocycles. The maximum absolute atomic E-state index is 12.0. The minimum atomic E-state index is -0.337. The summed E-state index contributed by atoms with van der Waals surface area (Å²) in [7, 11) is 0. The highest BCUT2D eigenvalue weighted by molar-refractivity contribution is 9.10. The number of hydrogen-bond acceptors (Lipinski definition) is 5. The van der Waals surface area contributed by atoms with Crippen LogP contribution in [0.1, 0.15) is 43.9 Å². The molecule has 1 aliphatic rings. The first-order valence-electron chi connectivity index (χ1n) is 11.6. The third-order valence-electron chi connectivity index (χ3n) is 5.79. The number of ether oxygens (including phenoxy) is 3. The van der Waals surface area contributed by atoms with Gasteiger partial charge < -0.3 is 14.2 Å². The first-order chi connectivity index (χ1) is 16.0. The molecule has 180 valence electrons. The molecular formula is C26H33BrClNO4. The SMILES string of the molecule is CCCCOC(=O)C(Br)Cc1ccc(OCC(C)N2CCOC(c3ccc(Cl)cc3)C2)cc1. The number of benzene rings is 2. The third-order valence-corrected chi connectivity index (χ3v) is 6.74. The molecule has 0 spiro atoms. The van der Waals surface area contributed by atoms with Crippen molar-refractivity contribution in [3.8, 4) is 5.75 Å². The molecule has 33 heavy (non-hydrogen) atoms. The van der Waals surface area contributed by atoms with Crippen molar-refractivity contribution in [3.05, 3.63) is 64.7 Å². The van der Waals surface area contributed by atoms with Crippen molar-refractivity contribution in [2.45, 2.75) is 50.1 Å². The molecule has 1 fully saturated rings. The van der Waals surface area contributed by atoms with Gasteiger partial charge in [0.15, 0.2) is 0 Å². The lowest BCUT2D eigenvalue weighted by Gasteiger charge is -2.36. The second-order valence-electron chi connectivity index (χ2n) is 8.40. The third kappa shape index (κ3) is 8.29. The fraction of sp³-hybridized carbons (Fsp3) is 0.500. The van der Waals surface area contributed by atoms with Gasteiger partial charge in [-0.1, -0.05) is 65.1 Å². The number of rotatable bonds is 11. The number of morpholine rings is 1. The van der Waals surface area contributed by atoms with Crippen molar-refractivity contribution in [1.29, 1.82) is 0 Å². The number of alkyl halides is 1. The first kappa shape index (κ1) is 26.0. The van der Waals surface area contributed by atoms with E-state index in [0.717, 1.165) is 47.8 Å². The van der Waals surface area contributed by atoms with Crippen LogP contribution in [0.4, 0.5) is 0 Å². The number of nitrogens with zero attached hydrogens (tertiary/aromatic N) is 1. The van der Waals surface area contributed by atoms with Crippen LogP contribution in [0.25, 0.3) is 0 Å². The van der Waals surface area contributed by atoms with E-state index in [2.05, 4.69) is 34.7 Å². The maximum atomic E-state index is 12.0. The van der Waals surface area contributed by atoms with Crippen molar-refractivity contribution < 1.29 is 19.0 Å². The van der Waals surface area contributed by atoms with Crippen LogP contribution in [0.5, 0.6) is 5.75 Å². The van der Waals surface area contributed by atoms with Crippen LogP contribution < -0.4 is 4.74 Å². The summed E-state index contributed by atoms with van der Waals surface area (Å²) in [6.45, 7) is 7.73. The molecular weight excluding hydrogens is 506 g/mol. The van der Waals surface area contributed by atoms with Crippen molar-refractivity contribution in [1.82, 2.24) is 4.90 Å². The normalized spacial score (nSPS) is 18.5. The molecule has 0 saturated carbocycles. The Labute approximate surface area is 210 Å². The standard InChI is InChI=1S/C26H33BrClNO4/c1-3-4-14-32-26(30)24(27)16-20-5-11-23(12-6-20)33-18-19(2)29-13-15-31-25(17-29)21-7-9-22(28)10-8-21/h5-12,19,24-25H,3-4,13-18H2,1-2H3. The largest absolute Gasteiger partial charge is 0.492 e. The number of carbonyl (C=O) groups excluding carboxylic acids is 1. The summed E-state index contributed by atoms with van der Waals surface area (Å²) >= 11 is 9.45. The molecule has 3 atom stereocenters. The van der Waals surface area contributed by atoms with Gasteiger partial charge in [0.05, 0.1) is 19.3 Å². The van der Waals surface area contributed by atoms with E-state index < -0.39 is 0 Å². The Kier molecular flexibility index (Phi) is 10.5. The molecule has 0 amide bonds. The van der Waals surface area contributed by atoms with Gasteiger partial charge in [-0.3, -0.25) is 9.69 Å². The Hall–Kier alpha value is -1.60. The van der Waals surface area contributed by atoms with Crippen LogP contribution in [0, 0.1) is 0 Å². The van der Waals surface area contributed by atoms with Crippen LogP contribution in [0.15, 0.2) is 48.5 Å². The summed E-state index contributed by atoms with van der Waals surface area (Å²) in [6.07, 6.45) is 2.53. The van der Waals surface area contributed by atoms with E-state index in [1.54, 1.807) is 0 Å². The molecule has 7 heteroatoms. The van der Waals surface area contributed by atoms with Gasteiger partial charge in [0.1, 0.15) is 17.2 Å². The molecule has 1 aliphatic heterocycles. The number of carbonyl (C=O) groups is 1. The molecule has 0 aliphatic carbocycles. The topological polar surface area (TPSA) is 48.0 Å². The Balaban J connectivity index is 1.44. The summed E-state index contributed by atoms with van der Waals surface area (Å²) < 4.78 is 17.3. The highest BCUT2D eigenvalue weighted by Gasteiger charge is 2.25. The molecule has 2 aromatic rings. The Morgan fingerprint density at radius 1 is 1.21 bits per heavy atom. The zero-order valence-electron chi connectivity index (χ0n) is 19.3. The molecule has 0 aromatic heterocycles. The maximum Gasteiger partial charge on any atom is 0.320 e. The van der Waals surface area contributed by atoms with Crippen molar-refractivity contribution in [2.24, 2.45) is 0 Å². The minimum absolute atomic E-state index is 0.0450. The van der Waals surface area contributed by atoms with Crippen molar-refractivity contribution >= 4 is 33.5 Å². The molecule has 5 nitrogen and oxygen atoms in total. The van der Waals surface area contributed by atoms with E-state index in [-0.39, 0.29) is 22.9 Å². The van der Waals surface area contributed by atoms with Gasteiger partial charge in [0.25, 0.3) is 0 Å². The number of halogens is 2. The lowest BCUT2D eigenvalue weighted by molar-refractivity contribution is -0.142. The van der Waals surface area contributed by atoms with Crippen LogP contribution in [0.3, 0.4) is 0 Å². The Morgan fingerprint density at radius 3 is 2.64 bits per heavy atom. The highest BCUT2D eigenvalue weighted by Crippen LogP contribution is 2.25. The Bertz CT molecular complexity index is 862. The van der Waals surface area contributed by atoms with Gasteiger partial charge in [-0.2, -0.15) is 0 Å². The smallest absolute Gasteiger partial charge is 0.320 e. The quantitative estimate of drug-likeness (QED) is 0.205. The van der Waals surface area contributed by atoms with Gasteiger partial charge in [-0.15, -0.1) is 0 Å². The number of unbranched alkanes of at least 4 members (excludes halogenated alkanes) is 1. The lowest BCUT2D eigenvalue weighted by atomic mass is 10.1. The molecule has 3 unspecified atom stereocenters. The second kappa shape index (κ2) is 13.3. The highest BCUT2D eigenvalue weighted by atomic mass is 79.9. The molecule has 2 aromatic carbocycles. The summed E-state index contributed by atoms with van der Waals surface area (Å²) in [6, 6.07) is 16.0. The van der Waals surface area contributed by atoms with Crippen LogP contribution >= 0.6 is 27.5 Å². The predicted octanol–water partition coefficient (Wildman–Crippen LogP) is 5.83. The lowest BCUT2D eigenvalue weighted by Crippen LogP contribution is -2.45. The Morgan fingerprint density at radius 2 is 1.94 bits per heavy atom. The summed E-state index contributed by atoms with van der Waals surface area (Å²) in [5.74, 6) is 0.616. The van der Waals surface area contributed by atoms with Gasteiger partial charge >= 0.3 is 5.97 Å². The van der Waals surface area contributed by atoms with Gasteiger partial charge in [0.2, 0.25) is 0 Å². The first-order valence-corrected chi connectivity index (χ1v) is 12.9. The van der Waals surface area contributed by atoms with E-state index in [1.807, 2.05) is 48.5 Å². The molecule has 0 N–H and O–H groups in total. The number of esters is 1. The van der Waals surface area contributed by atoms with Gasteiger partial charge in [-0.05, 0) is 55.2 Å². The average molecular weight is 539 g/mol. The van der Waals surface area contributed by atoms with E-state index in [1.165, 1.54) is 0 Å². The van der Waals surface area contributed by atoms with Crippen molar-refractivity contribution in [3.63, 3.8) is 0 Å². The number of hydrogen-bond donors (Lipinski definition) is 0. The van der Waals surface area contributed by atoms with Gasteiger partial charge in [-0.25, -0.2) is 0 Å². The fourth-order valence-corrected chi connectivity index (χ4v) is 4.32. The summed E-state index contributed by atoms with van der Waals surface area (Å²) in [5, 5.41) is 0.734. The van der Waals surface area contributed by atoms with E-state index in [9.17, 15) is 4.79 Å². The minimum Gasteiger partial charge on any atom is -0.492 e. The van der Waals surface area contributed by atoms with E-state index >= 15 is 0 Å². The zero-order chi connectivity index (χ0) is 23.6. The zero-order valence-corrected chi connectivity index (χ0v) is 21.7. The van der Waals surface area contributed by atoms with Crippen LogP contribution in [-0.2, 0) is 20.7 Å². The average Bonchev–Trinajstić information content (AvgIpc) is 2.84.